The maximum atomic E-state index is 14.9. The number of nitrogens with one attached hydrogen (secondary N) is 1. The van der Waals surface area contributed by atoms with E-state index in [-0.39, 0.29) is 22.3 Å². The van der Waals surface area contributed by atoms with Gasteiger partial charge in [-0.15, -0.1) is 0 Å². The molecule has 0 unspecified atom stereocenters. The molecule has 37 heavy (non-hydrogen) atoms. The Labute approximate surface area is 216 Å². The number of anilines is 2. The molecule has 0 atom stereocenters. The van der Waals surface area contributed by atoms with Gasteiger partial charge < -0.3 is 14.4 Å². The molecule has 0 saturated carbocycles. The van der Waals surface area contributed by atoms with Crippen LogP contribution >= 0.6 is 0 Å². The summed E-state index contributed by atoms with van der Waals surface area (Å²) in [6.07, 6.45) is 6.87. The first-order chi connectivity index (χ1) is 17.9. The Morgan fingerprint density at radius 2 is 1.81 bits per heavy atom. The third kappa shape index (κ3) is 5.84. The number of rotatable bonds is 8. The number of aromatic nitrogens is 2. The lowest BCUT2D eigenvalue weighted by Gasteiger charge is -2.29. The lowest BCUT2D eigenvalue weighted by molar-refractivity contribution is 0.122. The number of pyridine rings is 2. The lowest BCUT2D eigenvalue weighted by atomic mass is 10.0. The van der Waals surface area contributed by atoms with Gasteiger partial charge in [-0.1, -0.05) is 12.1 Å². The highest BCUT2D eigenvalue weighted by Crippen LogP contribution is 2.30. The molecule has 2 saturated heterocycles. The lowest BCUT2D eigenvalue weighted by Crippen LogP contribution is -2.36. The third-order valence-electron chi connectivity index (χ3n) is 6.63. The van der Waals surface area contributed by atoms with Gasteiger partial charge in [0, 0.05) is 37.0 Å². The largest absolute Gasteiger partial charge is 0.480 e. The molecule has 0 spiro atoms. The summed E-state index contributed by atoms with van der Waals surface area (Å²) in [7, 11) is -2.68. The Bertz CT molecular complexity index is 1360. The van der Waals surface area contributed by atoms with Gasteiger partial charge in [-0.05, 0) is 49.7 Å². The molecule has 2 aliphatic heterocycles. The summed E-state index contributed by atoms with van der Waals surface area (Å²) in [5.74, 6) is -0.296. The van der Waals surface area contributed by atoms with Gasteiger partial charge in [0.2, 0.25) is 5.88 Å². The molecule has 0 radical (unpaired) electrons. The van der Waals surface area contributed by atoms with Crippen molar-refractivity contribution in [3.05, 3.63) is 60.3 Å². The van der Waals surface area contributed by atoms with Crippen LogP contribution in [0.15, 0.2) is 53.8 Å². The highest BCUT2D eigenvalue weighted by molar-refractivity contribution is 7.92. The molecule has 2 aromatic heterocycles. The predicted molar refractivity (Wildman–Crippen MR) is 139 cm³/mol. The van der Waals surface area contributed by atoms with E-state index >= 15 is 0 Å². The molecule has 0 amide bonds. The van der Waals surface area contributed by atoms with Crippen molar-refractivity contribution in [1.82, 2.24) is 14.9 Å². The van der Waals surface area contributed by atoms with Crippen LogP contribution in [0, 0.1) is 5.82 Å². The molecule has 1 aromatic carbocycles. The van der Waals surface area contributed by atoms with Gasteiger partial charge in [0.15, 0.2) is 4.90 Å². The maximum Gasteiger partial charge on any atom is 0.267 e. The molecular formula is C26H30FN5O4S. The minimum atomic E-state index is -4.06. The standard InChI is InChI=1S/C26H30FN5O4S/c1-35-26-25(14-23(17-29-26)32-8-10-36-11-9-32)37(33,34)30-22-12-21(15-28-16-22)19-4-5-20(24(27)13-19)18-31-6-2-3-7-31/h4-5,12-17,30H,2-3,6-11,18H2,1H3. The van der Waals surface area contributed by atoms with E-state index in [1.807, 2.05) is 11.0 Å². The van der Waals surface area contributed by atoms with Gasteiger partial charge in [0.05, 0.1) is 44.1 Å². The summed E-state index contributed by atoms with van der Waals surface area (Å²) >= 11 is 0. The molecule has 11 heteroatoms. The van der Waals surface area contributed by atoms with Gasteiger partial charge in [0.25, 0.3) is 10.0 Å². The molecule has 4 heterocycles. The first kappa shape index (κ1) is 25.4. The van der Waals surface area contributed by atoms with Gasteiger partial charge in [-0.25, -0.2) is 17.8 Å². The molecular weight excluding hydrogens is 497 g/mol. The Morgan fingerprint density at radius 3 is 2.54 bits per heavy atom. The normalized spacial score (nSPS) is 16.6. The Balaban J connectivity index is 1.37. The SMILES string of the molecule is COc1ncc(N2CCOCC2)cc1S(=O)(=O)Nc1cncc(-c2ccc(CN3CCCC3)c(F)c2)c1. The van der Waals surface area contributed by atoms with E-state index < -0.39 is 10.0 Å². The van der Waals surface area contributed by atoms with Gasteiger partial charge in [-0.3, -0.25) is 14.6 Å². The Morgan fingerprint density at radius 1 is 1.03 bits per heavy atom. The van der Waals surface area contributed by atoms with Crippen molar-refractivity contribution in [3.8, 4) is 17.0 Å². The summed E-state index contributed by atoms with van der Waals surface area (Å²) in [4.78, 5) is 12.6. The van der Waals surface area contributed by atoms with E-state index in [1.54, 1.807) is 30.6 Å². The Kier molecular flexibility index (Phi) is 7.54. The smallest absolute Gasteiger partial charge is 0.267 e. The number of nitrogens with zero attached hydrogens (tertiary/aromatic N) is 4. The first-order valence-electron chi connectivity index (χ1n) is 12.3. The van der Waals surface area contributed by atoms with E-state index in [9.17, 15) is 12.8 Å². The minimum Gasteiger partial charge on any atom is -0.480 e. The molecule has 0 aliphatic carbocycles. The van der Waals surface area contributed by atoms with Crippen LogP contribution in [0.5, 0.6) is 5.88 Å². The molecule has 0 bridgehead atoms. The van der Waals surface area contributed by atoms with E-state index in [0.717, 1.165) is 25.9 Å². The fourth-order valence-electron chi connectivity index (χ4n) is 4.66. The second-order valence-electron chi connectivity index (χ2n) is 9.16. The Hall–Kier alpha value is -3.28. The topological polar surface area (TPSA) is 96.9 Å². The van der Waals surface area contributed by atoms with Gasteiger partial charge in [-0.2, -0.15) is 0 Å². The van der Waals surface area contributed by atoms with Crippen molar-refractivity contribution < 1.29 is 22.3 Å². The van der Waals surface area contributed by atoms with E-state index in [0.29, 0.717) is 55.2 Å². The highest BCUT2D eigenvalue weighted by atomic mass is 32.2. The molecule has 3 aromatic rings. The number of sulfonamides is 1. The highest BCUT2D eigenvalue weighted by Gasteiger charge is 2.24. The summed E-state index contributed by atoms with van der Waals surface area (Å²) in [5.41, 5.74) is 2.78. The second-order valence-corrected chi connectivity index (χ2v) is 10.8. The molecule has 1 N–H and O–H groups in total. The van der Waals surface area contributed by atoms with Gasteiger partial charge >= 0.3 is 0 Å². The molecule has 2 aliphatic rings. The summed E-state index contributed by atoms with van der Waals surface area (Å²) < 4.78 is 54.8. The van der Waals surface area contributed by atoms with E-state index in [1.165, 1.54) is 19.4 Å². The maximum absolute atomic E-state index is 14.9. The van der Waals surface area contributed by atoms with Crippen LogP contribution in [-0.2, 0) is 21.3 Å². The van der Waals surface area contributed by atoms with Crippen molar-refractivity contribution in [2.45, 2.75) is 24.3 Å². The van der Waals surface area contributed by atoms with Crippen molar-refractivity contribution in [2.75, 3.05) is 56.1 Å². The van der Waals surface area contributed by atoms with Crippen LogP contribution < -0.4 is 14.4 Å². The van der Waals surface area contributed by atoms with Crippen LogP contribution in [0.2, 0.25) is 0 Å². The number of hydrogen-bond donors (Lipinski definition) is 1. The number of hydrogen-bond acceptors (Lipinski definition) is 8. The molecule has 196 valence electrons. The van der Waals surface area contributed by atoms with E-state index in [4.69, 9.17) is 9.47 Å². The number of methoxy groups -OCH3 is 1. The zero-order chi connectivity index (χ0) is 25.8. The van der Waals surface area contributed by atoms with Crippen molar-refractivity contribution in [1.29, 1.82) is 0 Å². The second kappa shape index (κ2) is 11.0. The fraction of sp³-hybridized carbons (Fsp3) is 0.385. The monoisotopic (exact) mass is 527 g/mol. The first-order valence-corrected chi connectivity index (χ1v) is 13.8. The number of ether oxygens (including phenoxy) is 2. The van der Waals surface area contributed by atoms with Crippen LogP contribution in [0.25, 0.3) is 11.1 Å². The average Bonchev–Trinajstić information content (AvgIpc) is 3.43. The predicted octanol–water partition coefficient (Wildman–Crippen LogP) is 3.52. The average molecular weight is 528 g/mol. The van der Waals surface area contributed by atoms with Crippen LogP contribution in [0.4, 0.5) is 15.8 Å². The fourth-order valence-corrected chi connectivity index (χ4v) is 5.84. The van der Waals surface area contributed by atoms with Crippen molar-refractivity contribution in [2.24, 2.45) is 0 Å². The van der Waals surface area contributed by atoms with Crippen molar-refractivity contribution >= 4 is 21.4 Å². The van der Waals surface area contributed by atoms with Crippen molar-refractivity contribution in [3.63, 3.8) is 0 Å². The van der Waals surface area contributed by atoms with Crippen LogP contribution in [0.3, 0.4) is 0 Å². The van der Waals surface area contributed by atoms with E-state index in [2.05, 4.69) is 19.6 Å². The summed E-state index contributed by atoms with van der Waals surface area (Å²) in [6, 6.07) is 8.27. The summed E-state index contributed by atoms with van der Waals surface area (Å²) in [5, 5.41) is 0. The van der Waals surface area contributed by atoms with Crippen LogP contribution in [-0.4, -0.2) is 69.8 Å². The third-order valence-corrected chi connectivity index (χ3v) is 8.01. The molecule has 5 rings (SSSR count). The number of halogens is 1. The number of likely N-dealkylation sites (tertiary alicyclic amines) is 1. The number of benzene rings is 1. The van der Waals surface area contributed by atoms with Gasteiger partial charge in [0.1, 0.15) is 5.82 Å². The van der Waals surface area contributed by atoms with Crippen LogP contribution in [0.1, 0.15) is 18.4 Å². The minimum absolute atomic E-state index is 0.00992. The molecule has 2 fully saturated rings. The quantitative estimate of drug-likeness (QED) is 0.475. The summed E-state index contributed by atoms with van der Waals surface area (Å²) in [6.45, 7) is 4.96. The zero-order valence-electron chi connectivity index (χ0n) is 20.7. The zero-order valence-corrected chi connectivity index (χ0v) is 21.5. The number of morpholine rings is 1. The molecule has 9 nitrogen and oxygen atoms in total.